The highest BCUT2D eigenvalue weighted by Crippen LogP contribution is 2.12. The first kappa shape index (κ1) is 16.2. The maximum absolute atomic E-state index is 9.11. The van der Waals surface area contributed by atoms with E-state index in [0.29, 0.717) is 11.2 Å². The molecule has 1 aromatic rings. The highest BCUT2D eigenvalue weighted by atomic mass is 28.3. The molecule has 0 amide bonds. The van der Waals surface area contributed by atoms with Gasteiger partial charge >= 0.3 is 7.12 Å². The zero-order valence-corrected chi connectivity index (χ0v) is 13.1. The van der Waals surface area contributed by atoms with Crippen molar-refractivity contribution in [3.05, 3.63) is 23.8 Å². The molecule has 4 nitrogen and oxygen atoms in total. The normalized spacial score (nSPS) is 11.5. The standard InChI is InChI=1S/C13H23BO4Si/c1-11-9-12(5-6-13(11)14(15)16)18-10-17-7-8-19(2,3)4/h5-6,9,15-16H,7-8,10H2,1-4H3. The minimum Gasteiger partial charge on any atom is -0.468 e. The summed E-state index contributed by atoms with van der Waals surface area (Å²) in [6.45, 7) is 9.68. The summed E-state index contributed by atoms with van der Waals surface area (Å²) in [6.07, 6.45) is 0. The molecule has 1 aromatic carbocycles. The van der Waals surface area contributed by atoms with E-state index < -0.39 is 15.2 Å². The minimum atomic E-state index is -1.44. The van der Waals surface area contributed by atoms with E-state index in [9.17, 15) is 0 Å². The predicted octanol–water partition coefficient (Wildman–Crippen LogP) is 1.37. The van der Waals surface area contributed by atoms with Gasteiger partial charge in [-0.1, -0.05) is 25.7 Å². The highest BCUT2D eigenvalue weighted by Gasteiger charge is 2.14. The van der Waals surface area contributed by atoms with Gasteiger partial charge in [0.2, 0.25) is 0 Å². The van der Waals surface area contributed by atoms with Crippen LogP contribution in [0, 0.1) is 6.92 Å². The van der Waals surface area contributed by atoms with Gasteiger partial charge in [-0.05, 0) is 36.1 Å². The van der Waals surface area contributed by atoms with Crippen LogP contribution < -0.4 is 10.2 Å². The molecule has 0 aliphatic heterocycles. The Bertz CT molecular complexity index is 404. The van der Waals surface area contributed by atoms with Crippen LogP contribution in [0.2, 0.25) is 25.7 Å². The van der Waals surface area contributed by atoms with Crippen LogP contribution in [-0.2, 0) is 4.74 Å². The molecule has 0 heterocycles. The molecule has 1 rings (SSSR count). The molecular formula is C13H23BO4Si. The van der Waals surface area contributed by atoms with Crippen molar-refractivity contribution in [2.24, 2.45) is 0 Å². The summed E-state index contributed by atoms with van der Waals surface area (Å²) in [4.78, 5) is 0. The van der Waals surface area contributed by atoms with Crippen LogP contribution in [0.25, 0.3) is 0 Å². The molecule has 0 atom stereocenters. The molecule has 0 unspecified atom stereocenters. The summed E-state index contributed by atoms with van der Waals surface area (Å²) in [5, 5.41) is 18.2. The third-order valence-corrected chi connectivity index (χ3v) is 4.53. The van der Waals surface area contributed by atoms with Gasteiger partial charge in [-0.3, -0.25) is 0 Å². The molecule has 6 heteroatoms. The SMILES string of the molecule is Cc1cc(OCOCC[Si](C)(C)C)ccc1B(O)O. The lowest BCUT2D eigenvalue weighted by Gasteiger charge is -2.15. The second-order valence-electron chi connectivity index (χ2n) is 5.87. The lowest BCUT2D eigenvalue weighted by Crippen LogP contribution is -2.31. The van der Waals surface area contributed by atoms with Crippen molar-refractivity contribution in [1.29, 1.82) is 0 Å². The van der Waals surface area contributed by atoms with Crippen molar-refractivity contribution in [2.75, 3.05) is 13.4 Å². The summed E-state index contributed by atoms with van der Waals surface area (Å²) >= 11 is 0. The van der Waals surface area contributed by atoms with Crippen molar-refractivity contribution in [3.63, 3.8) is 0 Å². The molecule has 0 saturated carbocycles. The molecule has 0 aromatic heterocycles. The summed E-state index contributed by atoms with van der Waals surface area (Å²) in [6, 6.07) is 6.25. The maximum Gasteiger partial charge on any atom is 0.488 e. The Morgan fingerprint density at radius 1 is 1.21 bits per heavy atom. The third-order valence-electron chi connectivity index (χ3n) is 2.82. The lowest BCUT2D eigenvalue weighted by atomic mass is 9.77. The molecule has 0 aliphatic rings. The summed E-state index contributed by atoms with van der Waals surface area (Å²) in [5.41, 5.74) is 1.28. The van der Waals surface area contributed by atoms with Crippen LogP contribution in [0.15, 0.2) is 18.2 Å². The molecule has 0 fully saturated rings. The fourth-order valence-corrected chi connectivity index (χ4v) is 2.33. The van der Waals surface area contributed by atoms with Crippen LogP contribution in [0.1, 0.15) is 5.56 Å². The number of benzene rings is 1. The first-order valence-corrected chi connectivity index (χ1v) is 10.2. The second kappa shape index (κ2) is 7.09. The Morgan fingerprint density at radius 2 is 1.89 bits per heavy atom. The first-order chi connectivity index (χ1) is 8.79. The van der Waals surface area contributed by atoms with Gasteiger partial charge in [0, 0.05) is 14.7 Å². The largest absolute Gasteiger partial charge is 0.488 e. The van der Waals surface area contributed by atoms with Crippen molar-refractivity contribution < 1.29 is 19.5 Å². The van der Waals surface area contributed by atoms with E-state index in [1.807, 2.05) is 6.92 Å². The molecule has 0 spiro atoms. The van der Waals surface area contributed by atoms with Gasteiger partial charge in [0.15, 0.2) is 6.79 Å². The van der Waals surface area contributed by atoms with Crippen LogP contribution in [0.3, 0.4) is 0 Å². The quantitative estimate of drug-likeness (QED) is 0.450. The second-order valence-corrected chi connectivity index (χ2v) is 11.5. The highest BCUT2D eigenvalue weighted by molar-refractivity contribution is 6.76. The van der Waals surface area contributed by atoms with Gasteiger partial charge in [-0.2, -0.15) is 0 Å². The van der Waals surface area contributed by atoms with E-state index in [-0.39, 0.29) is 6.79 Å². The van der Waals surface area contributed by atoms with Gasteiger partial charge in [-0.15, -0.1) is 0 Å². The average Bonchev–Trinajstić information content (AvgIpc) is 2.26. The van der Waals surface area contributed by atoms with Crippen molar-refractivity contribution in [2.45, 2.75) is 32.6 Å². The van der Waals surface area contributed by atoms with Gasteiger partial charge in [-0.25, -0.2) is 0 Å². The predicted molar refractivity (Wildman–Crippen MR) is 80.6 cm³/mol. The maximum atomic E-state index is 9.11. The fraction of sp³-hybridized carbons (Fsp3) is 0.538. The van der Waals surface area contributed by atoms with Crippen molar-refractivity contribution in [3.8, 4) is 5.75 Å². The van der Waals surface area contributed by atoms with Gasteiger partial charge < -0.3 is 19.5 Å². The molecule has 0 radical (unpaired) electrons. The van der Waals surface area contributed by atoms with Gasteiger partial charge in [0.05, 0.1) is 0 Å². The zero-order chi connectivity index (χ0) is 14.5. The molecule has 0 aliphatic carbocycles. The minimum absolute atomic E-state index is 0.227. The number of hydrogen-bond acceptors (Lipinski definition) is 4. The first-order valence-electron chi connectivity index (χ1n) is 6.47. The number of aryl methyl sites for hydroxylation is 1. The van der Waals surface area contributed by atoms with E-state index in [1.54, 1.807) is 18.2 Å². The Hall–Kier alpha value is -0.818. The van der Waals surface area contributed by atoms with Crippen LogP contribution >= 0.6 is 0 Å². The fourth-order valence-electron chi connectivity index (χ4n) is 1.57. The third kappa shape index (κ3) is 6.25. The Labute approximate surface area is 116 Å². The smallest absolute Gasteiger partial charge is 0.468 e. The van der Waals surface area contributed by atoms with Gasteiger partial charge in [0.25, 0.3) is 0 Å². The van der Waals surface area contributed by atoms with Crippen molar-refractivity contribution >= 4 is 20.7 Å². The molecular weight excluding hydrogens is 259 g/mol. The Morgan fingerprint density at radius 3 is 2.42 bits per heavy atom. The number of ether oxygens (including phenoxy) is 2. The van der Waals surface area contributed by atoms with E-state index in [1.165, 1.54) is 0 Å². The molecule has 0 saturated heterocycles. The average molecular weight is 282 g/mol. The van der Waals surface area contributed by atoms with Crippen molar-refractivity contribution in [1.82, 2.24) is 0 Å². The van der Waals surface area contributed by atoms with Gasteiger partial charge in [0.1, 0.15) is 5.75 Å². The van der Waals surface area contributed by atoms with Crippen LogP contribution in [-0.4, -0.2) is 38.6 Å². The summed E-state index contributed by atoms with van der Waals surface area (Å²) < 4.78 is 10.9. The van der Waals surface area contributed by atoms with E-state index in [0.717, 1.165) is 18.2 Å². The number of hydrogen-bond donors (Lipinski definition) is 2. The van der Waals surface area contributed by atoms with E-state index in [2.05, 4.69) is 19.6 Å². The molecule has 2 N–H and O–H groups in total. The Balaban J connectivity index is 2.36. The zero-order valence-electron chi connectivity index (χ0n) is 12.1. The summed E-state index contributed by atoms with van der Waals surface area (Å²) in [7, 11) is -2.49. The monoisotopic (exact) mass is 282 g/mol. The van der Waals surface area contributed by atoms with E-state index >= 15 is 0 Å². The van der Waals surface area contributed by atoms with Crippen LogP contribution in [0.4, 0.5) is 0 Å². The molecule has 19 heavy (non-hydrogen) atoms. The molecule has 0 bridgehead atoms. The topological polar surface area (TPSA) is 58.9 Å². The summed E-state index contributed by atoms with van der Waals surface area (Å²) in [5.74, 6) is 0.676. The molecule has 106 valence electrons. The lowest BCUT2D eigenvalue weighted by molar-refractivity contribution is 0.0220. The Kier molecular flexibility index (Phi) is 6.06. The van der Waals surface area contributed by atoms with E-state index in [4.69, 9.17) is 19.5 Å². The van der Waals surface area contributed by atoms with Crippen LogP contribution in [0.5, 0.6) is 5.75 Å². The number of rotatable bonds is 7.